The lowest BCUT2D eigenvalue weighted by Crippen LogP contribution is -2.37. The first-order valence-electron chi connectivity index (χ1n) is 10.7. The molecule has 162 valence electrons. The fourth-order valence-corrected chi connectivity index (χ4v) is 3.20. The maximum absolute atomic E-state index is 5.84. The minimum atomic E-state index is 0.572. The smallest absolute Gasteiger partial charge is 0.191 e. The van der Waals surface area contributed by atoms with E-state index in [0.29, 0.717) is 19.1 Å². The summed E-state index contributed by atoms with van der Waals surface area (Å²) >= 11 is 0. The summed E-state index contributed by atoms with van der Waals surface area (Å²) in [7, 11) is 1.78. The van der Waals surface area contributed by atoms with E-state index in [4.69, 9.17) is 14.2 Å². The van der Waals surface area contributed by atoms with Gasteiger partial charge in [0.15, 0.2) is 5.96 Å². The Labute approximate surface area is 179 Å². The molecule has 1 aliphatic rings. The van der Waals surface area contributed by atoms with Crippen molar-refractivity contribution >= 4 is 5.96 Å². The van der Waals surface area contributed by atoms with Gasteiger partial charge in [0.1, 0.15) is 12.4 Å². The molecule has 0 bridgehead atoms. The van der Waals surface area contributed by atoms with Gasteiger partial charge >= 0.3 is 0 Å². The molecule has 2 aromatic carbocycles. The van der Waals surface area contributed by atoms with Crippen molar-refractivity contribution in [2.45, 2.75) is 26.0 Å². The van der Waals surface area contributed by atoms with Gasteiger partial charge < -0.3 is 24.8 Å². The van der Waals surface area contributed by atoms with Crippen molar-refractivity contribution in [1.82, 2.24) is 10.6 Å². The van der Waals surface area contributed by atoms with Crippen molar-refractivity contribution in [1.29, 1.82) is 0 Å². The molecular weight excluding hydrogens is 378 g/mol. The molecule has 0 amide bonds. The van der Waals surface area contributed by atoms with Crippen LogP contribution in [0.4, 0.5) is 0 Å². The zero-order chi connectivity index (χ0) is 20.9. The first-order valence-corrected chi connectivity index (χ1v) is 10.7. The van der Waals surface area contributed by atoms with Crippen LogP contribution in [-0.2, 0) is 22.6 Å². The normalized spacial score (nSPS) is 16.4. The molecule has 0 aromatic heterocycles. The summed E-state index contributed by atoms with van der Waals surface area (Å²) in [6, 6.07) is 18.3. The summed E-state index contributed by atoms with van der Waals surface area (Å²) in [5.41, 5.74) is 2.34. The van der Waals surface area contributed by atoms with E-state index in [-0.39, 0.29) is 0 Å². The van der Waals surface area contributed by atoms with E-state index in [1.54, 1.807) is 7.05 Å². The third kappa shape index (κ3) is 8.05. The first kappa shape index (κ1) is 22.1. The van der Waals surface area contributed by atoms with Gasteiger partial charge in [0.25, 0.3) is 0 Å². The van der Waals surface area contributed by atoms with E-state index in [2.05, 4.69) is 39.9 Å². The number of rotatable bonds is 11. The van der Waals surface area contributed by atoms with Gasteiger partial charge in [0.2, 0.25) is 0 Å². The summed E-state index contributed by atoms with van der Waals surface area (Å²) in [5, 5.41) is 6.67. The van der Waals surface area contributed by atoms with E-state index in [1.807, 2.05) is 30.3 Å². The van der Waals surface area contributed by atoms with Gasteiger partial charge in [0.05, 0.1) is 13.2 Å². The highest BCUT2D eigenvalue weighted by molar-refractivity contribution is 5.79. The molecular formula is C24H33N3O3. The van der Waals surface area contributed by atoms with Gasteiger partial charge in [-0.25, -0.2) is 0 Å². The van der Waals surface area contributed by atoms with Crippen LogP contribution in [-0.4, -0.2) is 46.0 Å². The average molecular weight is 412 g/mol. The number of nitrogens with zero attached hydrogens (tertiary/aromatic N) is 1. The second-order valence-electron chi connectivity index (χ2n) is 7.43. The molecule has 1 atom stereocenters. The van der Waals surface area contributed by atoms with Gasteiger partial charge in [-0.3, -0.25) is 4.99 Å². The second kappa shape index (κ2) is 12.9. The maximum atomic E-state index is 5.84. The molecule has 6 nitrogen and oxygen atoms in total. The fraction of sp³-hybridized carbons (Fsp3) is 0.458. The topological polar surface area (TPSA) is 64.1 Å². The zero-order valence-electron chi connectivity index (χ0n) is 17.8. The largest absolute Gasteiger partial charge is 0.489 e. The highest BCUT2D eigenvalue weighted by atomic mass is 16.5. The summed E-state index contributed by atoms with van der Waals surface area (Å²) in [4.78, 5) is 4.28. The summed E-state index contributed by atoms with van der Waals surface area (Å²) in [6.07, 6.45) is 2.07. The Morgan fingerprint density at radius 3 is 2.63 bits per heavy atom. The lowest BCUT2D eigenvalue weighted by Gasteiger charge is -2.13. The van der Waals surface area contributed by atoms with E-state index in [1.165, 1.54) is 5.56 Å². The Bertz CT molecular complexity index is 744. The van der Waals surface area contributed by atoms with Crippen LogP contribution in [0, 0.1) is 5.92 Å². The van der Waals surface area contributed by atoms with Crippen LogP contribution >= 0.6 is 0 Å². The van der Waals surface area contributed by atoms with Crippen molar-refractivity contribution in [2.75, 3.05) is 40.0 Å². The van der Waals surface area contributed by atoms with Crippen molar-refractivity contribution in [3.05, 3.63) is 65.7 Å². The number of hydrogen-bond acceptors (Lipinski definition) is 4. The molecule has 1 heterocycles. The monoisotopic (exact) mass is 411 g/mol. The molecule has 2 aromatic rings. The predicted molar refractivity (Wildman–Crippen MR) is 120 cm³/mol. The Kier molecular flexibility index (Phi) is 9.50. The number of benzene rings is 2. The highest BCUT2D eigenvalue weighted by Crippen LogP contribution is 2.14. The third-order valence-corrected chi connectivity index (χ3v) is 4.99. The molecule has 6 heteroatoms. The highest BCUT2D eigenvalue weighted by Gasteiger charge is 2.15. The van der Waals surface area contributed by atoms with Crippen molar-refractivity contribution < 1.29 is 14.2 Å². The lowest BCUT2D eigenvalue weighted by atomic mass is 10.1. The summed E-state index contributed by atoms with van der Waals surface area (Å²) in [6.45, 7) is 5.38. The van der Waals surface area contributed by atoms with Gasteiger partial charge in [0, 0.05) is 39.3 Å². The number of guanidine groups is 1. The van der Waals surface area contributed by atoms with E-state index < -0.39 is 0 Å². The minimum Gasteiger partial charge on any atom is -0.489 e. The van der Waals surface area contributed by atoms with Crippen LogP contribution in [0.3, 0.4) is 0 Å². The van der Waals surface area contributed by atoms with Crippen LogP contribution in [0.2, 0.25) is 0 Å². The Morgan fingerprint density at radius 1 is 1.07 bits per heavy atom. The number of ether oxygens (including phenoxy) is 3. The molecule has 30 heavy (non-hydrogen) atoms. The van der Waals surface area contributed by atoms with E-state index in [0.717, 1.165) is 63.1 Å². The standard InChI is InChI=1S/C24H33N3O3/c1-25-24(26-13-5-14-28-17-22-12-15-29-18-22)27-16-20-8-10-23(11-9-20)30-19-21-6-3-2-4-7-21/h2-4,6-11,22H,5,12-19H2,1H3,(H2,25,26,27). The molecule has 1 aliphatic heterocycles. The van der Waals surface area contributed by atoms with Crippen LogP contribution in [0.25, 0.3) is 0 Å². The van der Waals surface area contributed by atoms with Crippen molar-refractivity contribution in [3.63, 3.8) is 0 Å². The van der Waals surface area contributed by atoms with Gasteiger partial charge in [-0.1, -0.05) is 42.5 Å². The zero-order valence-corrected chi connectivity index (χ0v) is 17.8. The summed E-state index contributed by atoms with van der Waals surface area (Å²) < 4.78 is 16.9. The summed E-state index contributed by atoms with van der Waals surface area (Å²) in [5.74, 6) is 2.24. The first-order chi connectivity index (χ1) is 14.8. The Hall–Kier alpha value is -2.57. The quantitative estimate of drug-likeness (QED) is 0.337. The lowest BCUT2D eigenvalue weighted by molar-refractivity contribution is 0.0888. The molecule has 1 saturated heterocycles. The maximum Gasteiger partial charge on any atom is 0.191 e. The van der Waals surface area contributed by atoms with Gasteiger partial charge in [-0.05, 0) is 36.1 Å². The van der Waals surface area contributed by atoms with E-state index in [9.17, 15) is 0 Å². The van der Waals surface area contributed by atoms with Crippen molar-refractivity contribution in [3.8, 4) is 5.75 Å². The van der Waals surface area contributed by atoms with Crippen LogP contribution in [0.15, 0.2) is 59.6 Å². The number of hydrogen-bond donors (Lipinski definition) is 2. The Morgan fingerprint density at radius 2 is 1.90 bits per heavy atom. The van der Waals surface area contributed by atoms with E-state index >= 15 is 0 Å². The number of nitrogens with one attached hydrogen (secondary N) is 2. The SMILES string of the molecule is CN=C(NCCCOCC1CCOC1)NCc1ccc(OCc2ccccc2)cc1. The molecule has 0 radical (unpaired) electrons. The van der Waals surface area contributed by atoms with Crippen molar-refractivity contribution in [2.24, 2.45) is 10.9 Å². The average Bonchev–Trinajstić information content (AvgIpc) is 3.32. The molecule has 1 fully saturated rings. The predicted octanol–water partition coefficient (Wildman–Crippen LogP) is 3.37. The second-order valence-corrected chi connectivity index (χ2v) is 7.43. The Balaban J connectivity index is 1.28. The van der Waals surface area contributed by atoms with Gasteiger partial charge in [-0.15, -0.1) is 0 Å². The molecule has 0 aliphatic carbocycles. The van der Waals surface area contributed by atoms with Crippen LogP contribution in [0.5, 0.6) is 5.75 Å². The van der Waals surface area contributed by atoms with Crippen LogP contribution in [0.1, 0.15) is 24.0 Å². The molecule has 3 rings (SSSR count). The minimum absolute atomic E-state index is 0.572. The molecule has 1 unspecified atom stereocenters. The number of aliphatic imine (C=N–C) groups is 1. The van der Waals surface area contributed by atoms with Crippen LogP contribution < -0.4 is 15.4 Å². The van der Waals surface area contributed by atoms with Gasteiger partial charge in [-0.2, -0.15) is 0 Å². The molecule has 0 saturated carbocycles. The third-order valence-electron chi connectivity index (χ3n) is 4.99. The molecule has 2 N–H and O–H groups in total. The molecule has 0 spiro atoms. The fourth-order valence-electron chi connectivity index (χ4n) is 3.20.